The molecule has 2 rings (SSSR count). The van der Waals surface area contributed by atoms with E-state index < -0.39 is 0 Å². The van der Waals surface area contributed by atoms with Gasteiger partial charge in [-0.25, -0.2) is 0 Å². The Balaban J connectivity index is 2.12. The van der Waals surface area contributed by atoms with Crippen molar-refractivity contribution in [3.63, 3.8) is 0 Å². The van der Waals surface area contributed by atoms with Gasteiger partial charge in [-0.2, -0.15) is 0 Å². The molecule has 1 N–H and O–H groups in total. The molecule has 1 aliphatic carbocycles. The van der Waals surface area contributed by atoms with Gasteiger partial charge < -0.3 is 9.84 Å². The van der Waals surface area contributed by atoms with E-state index in [0.717, 1.165) is 32.4 Å². The number of ether oxygens (including phenoxy) is 1. The Morgan fingerprint density at radius 3 is 2.78 bits per heavy atom. The highest BCUT2D eigenvalue weighted by Crippen LogP contribution is 2.39. The van der Waals surface area contributed by atoms with Gasteiger partial charge in [-0.15, -0.1) is 0 Å². The van der Waals surface area contributed by atoms with Crippen LogP contribution >= 0.6 is 0 Å². The quantitative estimate of drug-likeness (QED) is 0.822. The van der Waals surface area contributed by atoms with Crippen molar-refractivity contribution in [1.82, 2.24) is 4.90 Å². The molecule has 1 saturated carbocycles. The van der Waals surface area contributed by atoms with Crippen LogP contribution in [0.25, 0.3) is 0 Å². The highest BCUT2D eigenvalue weighted by molar-refractivity contribution is 4.96. The summed E-state index contributed by atoms with van der Waals surface area (Å²) in [5.41, 5.74) is 0.0583. The minimum atomic E-state index is -0.203. The van der Waals surface area contributed by atoms with Gasteiger partial charge in [-0.3, -0.25) is 4.90 Å². The van der Waals surface area contributed by atoms with Crippen LogP contribution in [0, 0.1) is 5.41 Å². The van der Waals surface area contributed by atoms with Gasteiger partial charge in [0.1, 0.15) is 0 Å². The first-order chi connectivity index (χ1) is 8.45. The minimum absolute atomic E-state index is 0.0583. The maximum atomic E-state index is 10.7. The molecule has 0 aromatic rings. The van der Waals surface area contributed by atoms with E-state index in [2.05, 4.69) is 32.6 Å². The first kappa shape index (κ1) is 14.3. The summed E-state index contributed by atoms with van der Waals surface area (Å²) in [6.07, 6.45) is 4.71. The van der Waals surface area contributed by atoms with Crippen molar-refractivity contribution in [2.45, 2.75) is 77.7 Å². The third kappa shape index (κ3) is 2.73. The van der Waals surface area contributed by atoms with E-state index in [0.29, 0.717) is 18.2 Å². The molecule has 18 heavy (non-hydrogen) atoms. The molecule has 0 amide bonds. The lowest BCUT2D eigenvalue weighted by molar-refractivity contribution is -0.124. The summed E-state index contributed by atoms with van der Waals surface area (Å²) in [5, 5.41) is 10.7. The highest BCUT2D eigenvalue weighted by Gasteiger charge is 2.43. The van der Waals surface area contributed by atoms with Crippen LogP contribution in [-0.2, 0) is 4.74 Å². The van der Waals surface area contributed by atoms with Crippen LogP contribution in [0.3, 0.4) is 0 Å². The maximum Gasteiger partial charge on any atom is 0.0746 e. The van der Waals surface area contributed by atoms with Crippen LogP contribution < -0.4 is 0 Å². The second-order valence-electron chi connectivity index (χ2n) is 6.80. The highest BCUT2D eigenvalue weighted by atomic mass is 16.5. The Bertz CT molecular complexity index is 280. The van der Waals surface area contributed by atoms with E-state index in [-0.39, 0.29) is 11.5 Å². The van der Waals surface area contributed by atoms with E-state index in [1.165, 1.54) is 6.42 Å². The second-order valence-corrected chi connectivity index (χ2v) is 6.80. The van der Waals surface area contributed by atoms with Crippen LogP contribution in [0.5, 0.6) is 0 Å². The average Bonchev–Trinajstić information content (AvgIpc) is 2.32. The van der Waals surface area contributed by atoms with Gasteiger partial charge in [0.15, 0.2) is 0 Å². The maximum absolute atomic E-state index is 10.7. The molecule has 4 unspecified atom stereocenters. The molecule has 1 aliphatic heterocycles. The van der Waals surface area contributed by atoms with Crippen molar-refractivity contribution in [2.75, 3.05) is 13.2 Å². The Morgan fingerprint density at radius 1 is 1.39 bits per heavy atom. The summed E-state index contributed by atoms with van der Waals surface area (Å²) in [6, 6.07) is 0.805. The fourth-order valence-corrected chi connectivity index (χ4v) is 3.57. The van der Waals surface area contributed by atoms with Crippen LogP contribution in [0.1, 0.15) is 53.4 Å². The number of nitrogens with zero attached hydrogens (tertiary/aromatic N) is 1. The van der Waals surface area contributed by atoms with Crippen LogP contribution in [0.4, 0.5) is 0 Å². The summed E-state index contributed by atoms with van der Waals surface area (Å²) in [6.45, 7) is 10.6. The molecule has 2 fully saturated rings. The zero-order chi connectivity index (χ0) is 13.3. The van der Waals surface area contributed by atoms with Crippen LogP contribution in [0.2, 0.25) is 0 Å². The monoisotopic (exact) mass is 255 g/mol. The number of morpholine rings is 1. The summed E-state index contributed by atoms with van der Waals surface area (Å²) < 4.78 is 5.77. The van der Waals surface area contributed by atoms with E-state index in [1.54, 1.807) is 0 Å². The van der Waals surface area contributed by atoms with E-state index in [4.69, 9.17) is 4.74 Å². The lowest BCUT2D eigenvalue weighted by atomic mass is 9.71. The first-order valence-electron chi connectivity index (χ1n) is 7.51. The third-order valence-electron chi connectivity index (χ3n) is 4.89. The Morgan fingerprint density at radius 2 is 2.11 bits per heavy atom. The Kier molecular flexibility index (Phi) is 4.35. The minimum Gasteiger partial charge on any atom is -0.391 e. The molecule has 3 heteroatoms. The van der Waals surface area contributed by atoms with Gasteiger partial charge in [-0.1, -0.05) is 27.2 Å². The molecule has 106 valence electrons. The Labute approximate surface area is 112 Å². The molecule has 1 heterocycles. The predicted molar refractivity (Wildman–Crippen MR) is 73.6 cm³/mol. The zero-order valence-corrected chi connectivity index (χ0v) is 12.4. The molecule has 2 aliphatic rings. The molecule has 0 radical (unpaired) electrons. The molecular formula is C15H29NO2. The standard InChI is InChI=1S/C15H29NO2/c1-5-12-10-18-11(2)9-16(12)13-7-6-8-15(3,4)14(13)17/h11-14,17H,5-10H2,1-4H3. The number of aliphatic hydroxyl groups excluding tert-OH is 1. The molecule has 0 aromatic heterocycles. The van der Waals surface area contributed by atoms with Crippen molar-refractivity contribution >= 4 is 0 Å². The van der Waals surface area contributed by atoms with Crippen molar-refractivity contribution in [3.8, 4) is 0 Å². The Hall–Kier alpha value is -0.120. The van der Waals surface area contributed by atoms with Gasteiger partial charge in [-0.05, 0) is 31.6 Å². The van der Waals surface area contributed by atoms with Gasteiger partial charge in [0.25, 0.3) is 0 Å². The zero-order valence-electron chi connectivity index (χ0n) is 12.4. The normalized spacial score (nSPS) is 41.8. The summed E-state index contributed by atoms with van der Waals surface area (Å²) >= 11 is 0. The molecule has 1 saturated heterocycles. The summed E-state index contributed by atoms with van der Waals surface area (Å²) in [7, 11) is 0. The third-order valence-corrected chi connectivity index (χ3v) is 4.89. The number of rotatable bonds is 2. The van der Waals surface area contributed by atoms with Crippen molar-refractivity contribution in [2.24, 2.45) is 5.41 Å². The summed E-state index contributed by atoms with van der Waals surface area (Å²) in [4.78, 5) is 2.53. The van der Waals surface area contributed by atoms with E-state index in [9.17, 15) is 5.11 Å². The van der Waals surface area contributed by atoms with Gasteiger partial charge in [0, 0.05) is 18.6 Å². The van der Waals surface area contributed by atoms with E-state index >= 15 is 0 Å². The fraction of sp³-hybridized carbons (Fsp3) is 1.00. The SMILES string of the molecule is CCC1COC(C)CN1C1CCCC(C)(C)C1O. The van der Waals surface area contributed by atoms with E-state index in [1.807, 2.05) is 0 Å². The van der Waals surface area contributed by atoms with Crippen molar-refractivity contribution in [1.29, 1.82) is 0 Å². The predicted octanol–water partition coefficient (Wildman–Crippen LogP) is 2.43. The lowest BCUT2D eigenvalue weighted by Gasteiger charge is -2.50. The average molecular weight is 255 g/mol. The number of aliphatic hydroxyl groups is 1. The largest absolute Gasteiger partial charge is 0.391 e. The van der Waals surface area contributed by atoms with Crippen molar-refractivity contribution < 1.29 is 9.84 Å². The lowest BCUT2D eigenvalue weighted by Crippen LogP contribution is -2.60. The smallest absolute Gasteiger partial charge is 0.0746 e. The number of hydrogen-bond donors (Lipinski definition) is 1. The number of hydrogen-bond acceptors (Lipinski definition) is 3. The molecule has 0 bridgehead atoms. The molecule has 4 atom stereocenters. The molecule has 3 nitrogen and oxygen atoms in total. The first-order valence-corrected chi connectivity index (χ1v) is 7.51. The van der Waals surface area contributed by atoms with Gasteiger partial charge in [0.2, 0.25) is 0 Å². The fourth-order valence-electron chi connectivity index (χ4n) is 3.57. The molecule has 0 spiro atoms. The second kappa shape index (κ2) is 5.48. The summed E-state index contributed by atoms with van der Waals surface area (Å²) in [5.74, 6) is 0. The molecule has 0 aromatic carbocycles. The topological polar surface area (TPSA) is 32.7 Å². The van der Waals surface area contributed by atoms with Crippen molar-refractivity contribution in [3.05, 3.63) is 0 Å². The molecular weight excluding hydrogens is 226 g/mol. The van der Waals surface area contributed by atoms with Crippen LogP contribution in [-0.4, -0.2) is 47.4 Å². The van der Waals surface area contributed by atoms with Gasteiger partial charge in [0.05, 0.1) is 18.8 Å². The van der Waals surface area contributed by atoms with Crippen LogP contribution in [0.15, 0.2) is 0 Å². The van der Waals surface area contributed by atoms with Gasteiger partial charge >= 0.3 is 0 Å².